The number of carbonyl (C=O) groups excluding carboxylic acids is 2. The van der Waals surface area contributed by atoms with Gasteiger partial charge in [0.05, 0.1) is 4.88 Å². The Kier molecular flexibility index (Phi) is 7.58. The van der Waals surface area contributed by atoms with Gasteiger partial charge in [-0.1, -0.05) is 6.07 Å². The number of carbonyl (C=O) groups is 2. The molecule has 2 atom stereocenters. The molecule has 0 saturated carbocycles. The van der Waals surface area contributed by atoms with Crippen LogP contribution in [0.2, 0.25) is 0 Å². The molecular weight excluding hydrogens is 274 g/mol. The Morgan fingerprint density at radius 2 is 2.06 bits per heavy atom. The molecule has 4 N–H and O–H groups in total. The minimum atomic E-state index is -0.571. The van der Waals surface area contributed by atoms with Crippen molar-refractivity contribution < 1.29 is 9.59 Å². The Bertz CT molecular complexity index is 384. The predicted octanol–water partition coefficient (Wildman–Crippen LogP) is 0.752. The molecule has 102 valence electrons. The number of nitrogens with one attached hydrogen (secondary N) is 2. The average molecular weight is 292 g/mol. The second kappa shape index (κ2) is 8.07. The van der Waals surface area contributed by atoms with Crippen molar-refractivity contribution in [2.75, 3.05) is 6.54 Å². The zero-order valence-electron chi connectivity index (χ0n) is 10.3. The van der Waals surface area contributed by atoms with E-state index in [1.165, 1.54) is 11.3 Å². The van der Waals surface area contributed by atoms with Gasteiger partial charge >= 0.3 is 0 Å². The number of halogens is 1. The van der Waals surface area contributed by atoms with E-state index in [1.54, 1.807) is 19.1 Å². The molecule has 0 radical (unpaired) electrons. The van der Waals surface area contributed by atoms with Crippen molar-refractivity contribution in [2.24, 2.45) is 5.73 Å². The predicted molar refractivity (Wildman–Crippen MR) is 75.2 cm³/mol. The van der Waals surface area contributed by atoms with Crippen LogP contribution in [0.1, 0.15) is 23.5 Å². The minimum absolute atomic E-state index is 0. The Hall–Kier alpha value is -1.11. The monoisotopic (exact) mass is 291 g/mol. The zero-order chi connectivity index (χ0) is 12.8. The zero-order valence-corrected chi connectivity index (χ0v) is 11.9. The third-order valence-corrected chi connectivity index (χ3v) is 3.10. The molecule has 0 aliphatic rings. The standard InChI is InChI=1S/C11H17N3O2S.ClH/c1-7(6-12)13-10(15)8(2)14-11(16)9-4-3-5-17-9;/h3-5,7-8H,6,12H2,1-2H3,(H,13,15)(H,14,16);1H/t7-,8?;/m0./s1. The first-order valence-electron chi connectivity index (χ1n) is 5.39. The van der Waals surface area contributed by atoms with E-state index in [0.717, 1.165) is 0 Å². The smallest absolute Gasteiger partial charge is 0.261 e. The summed E-state index contributed by atoms with van der Waals surface area (Å²) in [5, 5.41) is 7.15. The van der Waals surface area contributed by atoms with Crippen molar-refractivity contribution in [3.05, 3.63) is 22.4 Å². The summed E-state index contributed by atoms with van der Waals surface area (Å²) < 4.78 is 0. The fraction of sp³-hybridized carbons (Fsp3) is 0.455. The highest BCUT2D eigenvalue weighted by atomic mass is 35.5. The number of thiophene rings is 1. The average Bonchev–Trinajstić information content (AvgIpc) is 2.82. The van der Waals surface area contributed by atoms with E-state index >= 15 is 0 Å². The first-order valence-corrected chi connectivity index (χ1v) is 6.27. The largest absolute Gasteiger partial charge is 0.351 e. The molecule has 0 fully saturated rings. The van der Waals surface area contributed by atoms with Gasteiger partial charge in [0.25, 0.3) is 5.91 Å². The third-order valence-electron chi connectivity index (χ3n) is 2.23. The van der Waals surface area contributed by atoms with Gasteiger partial charge in [-0.3, -0.25) is 9.59 Å². The first kappa shape index (κ1) is 16.9. The molecule has 7 heteroatoms. The third kappa shape index (κ3) is 5.03. The van der Waals surface area contributed by atoms with Gasteiger partial charge in [0.1, 0.15) is 6.04 Å². The summed E-state index contributed by atoms with van der Waals surface area (Å²) >= 11 is 1.34. The van der Waals surface area contributed by atoms with E-state index in [-0.39, 0.29) is 30.3 Å². The van der Waals surface area contributed by atoms with Gasteiger partial charge in [-0.15, -0.1) is 23.7 Å². The molecular formula is C11H18ClN3O2S. The molecule has 0 saturated heterocycles. The summed E-state index contributed by atoms with van der Waals surface area (Å²) in [6.07, 6.45) is 0. The number of hydrogen-bond donors (Lipinski definition) is 3. The van der Waals surface area contributed by atoms with Crippen LogP contribution in [0.25, 0.3) is 0 Å². The summed E-state index contributed by atoms with van der Waals surface area (Å²) in [7, 11) is 0. The van der Waals surface area contributed by atoms with Crippen LogP contribution in [0.4, 0.5) is 0 Å². The first-order chi connectivity index (χ1) is 8.04. The highest BCUT2D eigenvalue weighted by Crippen LogP contribution is 2.08. The molecule has 1 unspecified atom stereocenters. The van der Waals surface area contributed by atoms with Crippen molar-refractivity contribution in [2.45, 2.75) is 25.9 Å². The Balaban J connectivity index is 0.00000289. The van der Waals surface area contributed by atoms with Gasteiger partial charge in [0, 0.05) is 12.6 Å². The van der Waals surface area contributed by atoms with Crippen LogP contribution in [0.5, 0.6) is 0 Å². The molecule has 1 rings (SSSR count). The van der Waals surface area contributed by atoms with Crippen molar-refractivity contribution >= 4 is 35.6 Å². The van der Waals surface area contributed by atoms with Gasteiger partial charge in [-0.05, 0) is 25.3 Å². The quantitative estimate of drug-likeness (QED) is 0.748. The molecule has 0 aliphatic heterocycles. The number of rotatable bonds is 5. The molecule has 18 heavy (non-hydrogen) atoms. The van der Waals surface area contributed by atoms with E-state index in [1.807, 2.05) is 12.3 Å². The molecule has 2 amide bonds. The molecule has 0 aliphatic carbocycles. The minimum Gasteiger partial charge on any atom is -0.351 e. The van der Waals surface area contributed by atoms with Crippen LogP contribution in [-0.2, 0) is 4.79 Å². The lowest BCUT2D eigenvalue weighted by Crippen LogP contribution is -2.48. The van der Waals surface area contributed by atoms with Crippen LogP contribution >= 0.6 is 23.7 Å². The van der Waals surface area contributed by atoms with Crippen LogP contribution in [-0.4, -0.2) is 30.4 Å². The lowest BCUT2D eigenvalue weighted by molar-refractivity contribution is -0.123. The molecule has 1 aromatic rings. The number of hydrogen-bond acceptors (Lipinski definition) is 4. The van der Waals surface area contributed by atoms with Crippen LogP contribution in [0.15, 0.2) is 17.5 Å². The second-order valence-corrected chi connectivity index (χ2v) is 4.77. The van der Waals surface area contributed by atoms with E-state index in [0.29, 0.717) is 11.4 Å². The van der Waals surface area contributed by atoms with Crippen LogP contribution in [0, 0.1) is 0 Å². The molecule has 1 heterocycles. The maximum Gasteiger partial charge on any atom is 0.261 e. The molecule has 0 aromatic carbocycles. The van der Waals surface area contributed by atoms with Crippen molar-refractivity contribution in [3.8, 4) is 0 Å². The van der Waals surface area contributed by atoms with E-state index in [9.17, 15) is 9.59 Å². The Labute approximate surface area is 117 Å². The van der Waals surface area contributed by atoms with E-state index < -0.39 is 6.04 Å². The van der Waals surface area contributed by atoms with Gasteiger partial charge < -0.3 is 16.4 Å². The summed E-state index contributed by atoms with van der Waals surface area (Å²) in [6, 6.07) is 2.84. The molecule has 1 aromatic heterocycles. The highest BCUT2D eigenvalue weighted by Gasteiger charge is 2.17. The SMILES string of the molecule is CC(NC(=O)c1cccs1)C(=O)N[C@@H](C)CN.Cl. The molecule has 0 bridgehead atoms. The fourth-order valence-corrected chi connectivity index (χ4v) is 1.79. The van der Waals surface area contributed by atoms with Gasteiger partial charge in [-0.2, -0.15) is 0 Å². The number of nitrogens with two attached hydrogens (primary N) is 1. The van der Waals surface area contributed by atoms with Crippen molar-refractivity contribution in [3.63, 3.8) is 0 Å². The van der Waals surface area contributed by atoms with Gasteiger partial charge in [0.2, 0.25) is 5.91 Å². The maximum absolute atomic E-state index is 11.7. The van der Waals surface area contributed by atoms with Crippen molar-refractivity contribution in [1.82, 2.24) is 10.6 Å². The van der Waals surface area contributed by atoms with Crippen LogP contribution in [0.3, 0.4) is 0 Å². The topological polar surface area (TPSA) is 84.2 Å². The molecule has 0 spiro atoms. The fourth-order valence-electron chi connectivity index (χ4n) is 1.17. The lowest BCUT2D eigenvalue weighted by Gasteiger charge is -2.16. The Morgan fingerprint density at radius 1 is 1.39 bits per heavy atom. The summed E-state index contributed by atoms with van der Waals surface area (Å²) in [5.41, 5.74) is 5.40. The normalized spacial score (nSPS) is 13.1. The van der Waals surface area contributed by atoms with E-state index in [4.69, 9.17) is 5.73 Å². The lowest BCUT2D eigenvalue weighted by atomic mass is 10.2. The highest BCUT2D eigenvalue weighted by molar-refractivity contribution is 7.12. The summed E-state index contributed by atoms with van der Waals surface area (Å²) in [4.78, 5) is 23.9. The van der Waals surface area contributed by atoms with Crippen LogP contribution < -0.4 is 16.4 Å². The Morgan fingerprint density at radius 3 is 2.56 bits per heavy atom. The second-order valence-electron chi connectivity index (χ2n) is 3.82. The maximum atomic E-state index is 11.7. The molecule has 5 nitrogen and oxygen atoms in total. The summed E-state index contributed by atoms with van der Waals surface area (Å²) in [6.45, 7) is 3.83. The van der Waals surface area contributed by atoms with Crippen molar-refractivity contribution in [1.29, 1.82) is 0 Å². The van der Waals surface area contributed by atoms with Gasteiger partial charge in [0.15, 0.2) is 0 Å². The van der Waals surface area contributed by atoms with Gasteiger partial charge in [-0.25, -0.2) is 0 Å². The van der Waals surface area contributed by atoms with E-state index in [2.05, 4.69) is 10.6 Å². The number of amides is 2. The summed E-state index contributed by atoms with van der Waals surface area (Å²) in [5.74, 6) is -0.462.